The second kappa shape index (κ2) is 8.87. The van der Waals surface area contributed by atoms with Crippen LogP contribution in [-0.4, -0.2) is 44.1 Å². The molecule has 2 aromatic rings. The predicted octanol–water partition coefficient (Wildman–Crippen LogP) is 2.93. The zero-order valence-electron chi connectivity index (χ0n) is 15.0. The molecule has 0 bridgehead atoms. The van der Waals surface area contributed by atoms with Crippen molar-refractivity contribution in [3.63, 3.8) is 0 Å². The molecule has 7 nitrogen and oxygen atoms in total. The highest BCUT2D eigenvalue weighted by atomic mass is 127. The molecular weight excluding hydrogens is 465 g/mol. The van der Waals surface area contributed by atoms with Gasteiger partial charge in [0.2, 0.25) is 5.95 Å². The number of aromatic nitrogens is 2. The second-order valence-electron chi connectivity index (χ2n) is 6.38. The molecule has 2 rings (SSSR count). The van der Waals surface area contributed by atoms with Crippen LogP contribution in [0, 0.1) is 9.49 Å². The van der Waals surface area contributed by atoms with Crippen molar-refractivity contribution in [2.24, 2.45) is 5.92 Å². The van der Waals surface area contributed by atoms with Gasteiger partial charge < -0.3 is 20.5 Å². The fourth-order valence-electron chi connectivity index (χ4n) is 2.13. The Morgan fingerprint density at radius 3 is 2.42 bits per heavy atom. The average Bonchev–Trinajstić information content (AvgIpc) is 2.55. The monoisotopic (exact) mass is 489 g/mol. The first-order chi connectivity index (χ1) is 12.2. The molecule has 0 fully saturated rings. The quantitative estimate of drug-likeness (QED) is 0.336. The molecule has 1 aromatic carbocycles. The number of benzene rings is 1. The normalized spacial score (nSPS) is 14.5. The molecule has 1 aromatic heterocycles. The summed E-state index contributed by atoms with van der Waals surface area (Å²) in [6.45, 7) is 4.11. The number of rotatable bonds is 8. The van der Waals surface area contributed by atoms with Gasteiger partial charge in [-0.25, -0.2) is 9.19 Å². The average molecular weight is 489 g/mol. The Balaban J connectivity index is 2.13. The molecule has 1 unspecified atom stereocenters. The van der Waals surface area contributed by atoms with Gasteiger partial charge in [0.25, 0.3) is 0 Å². The minimum Gasteiger partial charge on any atom is -0.394 e. The molecule has 4 N–H and O–H groups in total. The maximum atomic E-state index is 11.7. The van der Waals surface area contributed by atoms with Gasteiger partial charge in [0.1, 0.15) is 5.82 Å². The number of aliphatic hydroxyl groups is 1. The van der Waals surface area contributed by atoms with Crippen LogP contribution < -0.4 is 15.4 Å². The van der Waals surface area contributed by atoms with Gasteiger partial charge in [0.15, 0.2) is 0 Å². The fraction of sp³-hybridized carbons (Fsp3) is 0.353. The SMILES string of the molecule is C=S(C)(=O)Nc1ccc(Nc2ncc(I)c(N[C@@H](CO)C(C)C)n2)cc1. The summed E-state index contributed by atoms with van der Waals surface area (Å²) in [6, 6.07) is 7.22. The molecule has 0 aliphatic carbocycles. The first-order valence-electron chi connectivity index (χ1n) is 8.05. The maximum Gasteiger partial charge on any atom is 0.229 e. The van der Waals surface area contributed by atoms with Crippen molar-refractivity contribution in [3.8, 4) is 0 Å². The second-order valence-corrected chi connectivity index (χ2v) is 9.75. The smallest absolute Gasteiger partial charge is 0.229 e. The van der Waals surface area contributed by atoms with Crippen molar-refractivity contribution in [2.75, 3.05) is 28.2 Å². The maximum absolute atomic E-state index is 11.7. The lowest BCUT2D eigenvalue weighted by Crippen LogP contribution is -2.30. The van der Waals surface area contributed by atoms with Crippen molar-refractivity contribution < 1.29 is 9.32 Å². The van der Waals surface area contributed by atoms with Gasteiger partial charge in [0, 0.05) is 33.5 Å². The third kappa shape index (κ3) is 6.29. The van der Waals surface area contributed by atoms with E-state index in [9.17, 15) is 9.32 Å². The Morgan fingerprint density at radius 2 is 1.88 bits per heavy atom. The number of hydrogen-bond donors (Lipinski definition) is 4. The van der Waals surface area contributed by atoms with Crippen LogP contribution in [0.5, 0.6) is 0 Å². The van der Waals surface area contributed by atoms with Gasteiger partial charge in [0.05, 0.1) is 16.2 Å². The van der Waals surface area contributed by atoms with Gasteiger partial charge in [-0.15, -0.1) is 0 Å². The van der Waals surface area contributed by atoms with Gasteiger partial charge in [-0.3, -0.25) is 0 Å². The minimum atomic E-state index is -2.31. The Bertz CT molecular complexity index is 841. The molecule has 0 radical (unpaired) electrons. The summed E-state index contributed by atoms with van der Waals surface area (Å²) in [7, 11) is -2.31. The molecule has 0 amide bonds. The molecular formula is C17H24IN5O2S. The van der Waals surface area contributed by atoms with E-state index in [-0.39, 0.29) is 18.6 Å². The summed E-state index contributed by atoms with van der Waals surface area (Å²) < 4.78 is 15.4. The van der Waals surface area contributed by atoms with Gasteiger partial charge >= 0.3 is 0 Å². The van der Waals surface area contributed by atoms with Crippen molar-refractivity contribution in [3.05, 3.63) is 34.0 Å². The molecule has 142 valence electrons. The standard InChI is InChI=1S/C17H24IN5O2S/c1-11(2)15(10-24)21-16-14(18)9-19-17(22-16)20-12-5-7-13(8-6-12)23-26(3,4)25/h5-9,11,15,24H,3,10H2,1-2,4H3,(H,23,25)(H2,19,20,21,22)/t15-,26?/m0/s1. The Labute approximate surface area is 168 Å². The Hall–Kier alpha value is -1.59. The van der Waals surface area contributed by atoms with Gasteiger partial charge in [-0.2, -0.15) is 4.98 Å². The van der Waals surface area contributed by atoms with E-state index in [2.05, 4.69) is 53.8 Å². The first kappa shape index (κ1) is 20.7. The van der Waals surface area contributed by atoms with E-state index in [0.29, 0.717) is 11.8 Å². The molecule has 2 atom stereocenters. The molecule has 1 heterocycles. The summed E-state index contributed by atoms with van der Waals surface area (Å²) in [5.74, 6) is 4.97. The van der Waals surface area contributed by atoms with Gasteiger partial charge in [-0.1, -0.05) is 13.8 Å². The Morgan fingerprint density at radius 1 is 1.27 bits per heavy atom. The van der Waals surface area contributed by atoms with E-state index in [0.717, 1.165) is 14.9 Å². The fourth-order valence-corrected chi connectivity index (χ4v) is 3.18. The van der Waals surface area contributed by atoms with Crippen LogP contribution >= 0.6 is 22.6 Å². The number of nitrogens with one attached hydrogen (secondary N) is 3. The van der Waals surface area contributed by atoms with Crippen LogP contribution in [0.25, 0.3) is 0 Å². The lowest BCUT2D eigenvalue weighted by Gasteiger charge is -2.21. The zero-order chi connectivity index (χ0) is 19.3. The first-order valence-corrected chi connectivity index (χ1v) is 11.3. The van der Waals surface area contributed by atoms with Crippen LogP contribution in [0.2, 0.25) is 0 Å². The number of aliphatic hydroxyl groups excluding tert-OH is 1. The van der Waals surface area contributed by atoms with Crippen LogP contribution in [0.15, 0.2) is 30.5 Å². The largest absolute Gasteiger partial charge is 0.394 e. The highest BCUT2D eigenvalue weighted by Gasteiger charge is 2.15. The summed E-state index contributed by atoms with van der Waals surface area (Å²) >= 11 is 2.16. The number of hydrogen-bond acceptors (Lipinski definition) is 6. The summed E-state index contributed by atoms with van der Waals surface area (Å²) in [4.78, 5) is 8.79. The van der Waals surface area contributed by atoms with E-state index < -0.39 is 9.71 Å². The third-order valence-corrected chi connectivity index (χ3v) is 5.00. The van der Waals surface area contributed by atoms with E-state index in [1.165, 1.54) is 0 Å². The van der Waals surface area contributed by atoms with Crippen molar-refractivity contribution in [1.82, 2.24) is 9.97 Å². The molecule has 0 saturated carbocycles. The number of nitrogens with zero attached hydrogens (tertiary/aromatic N) is 2. The number of anilines is 4. The molecule has 0 saturated heterocycles. The van der Waals surface area contributed by atoms with E-state index in [4.69, 9.17) is 0 Å². The van der Waals surface area contributed by atoms with Crippen LogP contribution in [0.3, 0.4) is 0 Å². The van der Waals surface area contributed by atoms with Crippen LogP contribution in [-0.2, 0) is 9.71 Å². The lowest BCUT2D eigenvalue weighted by atomic mass is 10.1. The molecule has 26 heavy (non-hydrogen) atoms. The van der Waals surface area contributed by atoms with Crippen molar-refractivity contribution in [2.45, 2.75) is 19.9 Å². The van der Waals surface area contributed by atoms with Gasteiger partial charge in [-0.05, 0) is 58.6 Å². The minimum absolute atomic E-state index is 0.0296. The zero-order valence-corrected chi connectivity index (χ0v) is 18.0. The molecule has 9 heteroatoms. The molecule has 0 spiro atoms. The highest BCUT2D eigenvalue weighted by Crippen LogP contribution is 2.22. The summed E-state index contributed by atoms with van der Waals surface area (Å²) in [5, 5.41) is 15.9. The summed E-state index contributed by atoms with van der Waals surface area (Å²) in [5.41, 5.74) is 1.53. The molecule has 0 aliphatic rings. The lowest BCUT2D eigenvalue weighted by molar-refractivity contribution is 0.249. The van der Waals surface area contributed by atoms with E-state index >= 15 is 0 Å². The Kier molecular flexibility index (Phi) is 7.07. The van der Waals surface area contributed by atoms with Crippen molar-refractivity contribution in [1.29, 1.82) is 0 Å². The van der Waals surface area contributed by atoms with E-state index in [1.807, 2.05) is 38.1 Å². The predicted molar refractivity (Wildman–Crippen MR) is 119 cm³/mol. The topological polar surface area (TPSA) is 99.2 Å². The summed E-state index contributed by atoms with van der Waals surface area (Å²) in [6.07, 6.45) is 3.27. The number of halogens is 1. The highest BCUT2D eigenvalue weighted by molar-refractivity contribution is 14.1. The third-order valence-electron chi connectivity index (χ3n) is 3.54. The van der Waals surface area contributed by atoms with Crippen LogP contribution in [0.1, 0.15) is 13.8 Å². The van der Waals surface area contributed by atoms with E-state index in [1.54, 1.807) is 12.5 Å². The van der Waals surface area contributed by atoms with Crippen molar-refractivity contribution >= 4 is 61.3 Å². The van der Waals surface area contributed by atoms with Crippen LogP contribution in [0.4, 0.5) is 23.1 Å². The molecule has 0 aliphatic heterocycles.